The Labute approximate surface area is 119 Å². The highest BCUT2D eigenvalue weighted by Crippen LogP contribution is 2.35. The quantitative estimate of drug-likeness (QED) is 0.907. The van der Waals surface area contributed by atoms with Gasteiger partial charge in [0.15, 0.2) is 15.7 Å². The van der Waals surface area contributed by atoms with E-state index in [0.717, 1.165) is 51.4 Å². The van der Waals surface area contributed by atoms with E-state index in [1.165, 1.54) is 0 Å². The zero-order valence-corrected chi connectivity index (χ0v) is 12.4. The molecule has 1 aromatic heterocycles. The summed E-state index contributed by atoms with van der Waals surface area (Å²) in [6, 6.07) is 0. The van der Waals surface area contributed by atoms with Crippen molar-refractivity contribution < 1.29 is 12.9 Å². The minimum Gasteiger partial charge on any atom is -0.338 e. The molecule has 0 saturated heterocycles. The first-order chi connectivity index (χ1) is 9.50. The average Bonchev–Trinajstić information content (AvgIpc) is 3.07. The molecule has 2 aliphatic carbocycles. The summed E-state index contributed by atoms with van der Waals surface area (Å²) in [6.45, 7) is 0. The molecule has 2 N–H and O–H groups in total. The van der Waals surface area contributed by atoms with Crippen LogP contribution in [0.1, 0.15) is 63.1 Å². The molecule has 0 aromatic carbocycles. The fourth-order valence-corrected chi connectivity index (χ4v) is 5.03. The number of nitrogens with zero attached hydrogens (tertiary/aromatic N) is 2. The van der Waals surface area contributed by atoms with Crippen LogP contribution >= 0.6 is 0 Å². The highest BCUT2D eigenvalue weighted by atomic mass is 32.2. The van der Waals surface area contributed by atoms with Gasteiger partial charge in [0.25, 0.3) is 0 Å². The van der Waals surface area contributed by atoms with Gasteiger partial charge in [0.05, 0.1) is 10.8 Å². The van der Waals surface area contributed by atoms with E-state index >= 15 is 0 Å². The standard InChI is InChI=1S/C13H21N3O3S/c14-13(7-3-4-8-13)12-15-11(19-16-12)9-20(17,18)10-5-1-2-6-10/h10H,1-9,14H2. The maximum atomic E-state index is 12.3. The summed E-state index contributed by atoms with van der Waals surface area (Å²) in [4.78, 5) is 4.24. The number of hydrogen-bond donors (Lipinski definition) is 1. The van der Waals surface area contributed by atoms with Crippen LogP contribution in [0.2, 0.25) is 0 Å². The van der Waals surface area contributed by atoms with E-state index < -0.39 is 15.4 Å². The first-order valence-corrected chi connectivity index (χ1v) is 9.05. The Kier molecular flexibility index (Phi) is 3.58. The molecule has 2 saturated carbocycles. The number of nitrogens with two attached hydrogens (primary N) is 1. The first-order valence-electron chi connectivity index (χ1n) is 7.33. The van der Waals surface area contributed by atoms with Crippen LogP contribution < -0.4 is 5.73 Å². The zero-order valence-electron chi connectivity index (χ0n) is 11.5. The second kappa shape index (κ2) is 5.11. The molecular weight excluding hydrogens is 278 g/mol. The van der Waals surface area contributed by atoms with Crippen molar-refractivity contribution in [2.45, 2.75) is 67.9 Å². The predicted molar refractivity (Wildman–Crippen MR) is 73.5 cm³/mol. The molecule has 3 rings (SSSR count). The van der Waals surface area contributed by atoms with E-state index in [-0.39, 0.29) is 16.9 Å². The number of rotatable bonds is 4. The van der Waals surface area contributed by atoms with E-state index in [4.69, 9.17) is 10.3 Å². The first kappa shape index (κ1) is 14.0. The maximum Gasteiger partial charge on any atom is 0.241 e. The zero-order chi connectivity index (χ0) is 14.2. The van der Waals surface area contributed by atoms with Crippen LogP contribution in [0.3, 0.4) is 0 Å². The van der Waals surface area contributed by atoms with E-state index in [1.54, 1.807) is 0 Å². The lowest BCUT2D eigenvalue weighted by Gasteiger charge is -2.17. The van der Waals surface area contributed by atoms with Gasteiger partial charge in [-0.05, 0) is 25.7 Å². The largest absolute Gasteiger partial charge is 0.338 e. The summed E-state index contributed by atoms with van der Waals surface area (Å²) in [5, 5.41) is 3.67. The van der Waals surface area contributed by atoms with Gasteiger partial charge in [0, 0.05) is 0 Å². The van der Waals surface area contributed by atoms with Crippen LogP contribution in [0.15, 0.2) is 4.52 Å². The normalized spacial score (nSPS) is 23.4. The summed E-state index contributed by atoms with van der Waals surface area (Å²) in [7, 11) is -3.18. The monoisotopic (exact) mass is 299 g/mol. The molecule has 0 radical (unpaired) electrons. The van der Waals surface area contributed by atoms with Crippen molar-refractivity contribution in [2.24, 2.45) is 5.73 Å². The van der Waals surface area contributed by atoms with Crippen molar-refractivity contribution in [1.82, 2.24) is 10.1 Å². The molecule has 20 heavy (non-hydrogen) atoms. The summed E-state index contributed by atoms with van der Waals surface area (Å²) >= 11 is 0. The van der Waals surface area contributed by atoms with Crippen molar-refractivity contribution in [3.05, 3.63) is 11.7 Å². The summed E-state index contributed by atoms with van der Waals surface area (Å²) in [5.74, 6) is 0.496. The van der Waals surface area contributed by atoms with Crippen molar-refractivity contribution in [2.75, 3.05) is 0 Å². The minimum absolute atomic E-state index is 0.152. The lowest BCUT2D eigenvalue weighted by molar-refractivity contribution is 0.354. The lowest BCUT2D eigenvalue weighted by Crippen LogP contribution is -2.34. The molecule has 7 heteroatoms. The molecular formula is C13H21N3O3S. The van der Waals surface area contributed by atoms with Gasteiger partial charge < -0.3 is 10.3 Å². The third-order valence-electron chi connectivity index (χ3n) is 4.54. The van der Waals surface area contributed by atoms with Gasteiger partial charge in [-0.2, -0.15) is 4.98 Å². The maximum absolute atomic E-state index is 12.3. The van der Waals surface area contributed by atoms with Gasteiger partial charge >= 0.3 is 0 Å². The number of sulfone groups is 1. The SMILES string of the molecule is NC1(c2noc(CS(=O)(=O)C3CCCC3)n2)CCCC1. The second-order valence-electron chi connectivity index (χ2n) is 6.09. The highest BCUT2D eigenvalue weighted by Gasteiger charge is 2.37. The molecule has 0 bridgehead atoms. The Morgan fingerprint density at radius 1 is 1.20 bits per heavy atom. The predicted octanol–water partition coefficient (Wildman–Crippen LogP) is 1.65. The number of aromatic nitrogens is 2. The van der Waals surface area contributed by atoms with Crippen LogP contribution in [-0.2, 0) is 21.1 Å². The van der Waals surface area contributed by atoms with E-state index in [9.17, 15) is 8.42 Å². The molecule has 1 heterocycles. The molecule has 0 aliphatic heterocycles. The summed E-state index contributed by atoms with van der Waals surface area (Å²) < 4.78 is 29.6. The van der Waals surface area contributed by atoms with Gasteiger partial charge in [-0.15, -0.1) is 0 Å². The third-order valence-corrected chi connectivity index (χ3v) is 6.68. The van der Waals surface area contributed by atoms with Crippen LogP contribution in [0, 0.1) is 0 Å². The van der Waals surface area contributed by atoms with E-state index in [2.05, 4.69) is 10.1 Å². The van der Waals surface area contributed by atoms with E-state index in [0.29, 0.717) is 5.82 Å². The molecule has 0 amide bonds. The lowest BCUT2D eigenvalue weighted by atomic mass is 9.99. The molecule has 0 spiro atoms. The average molecular weight is 299 g/mol. The van der Waals surface area contributed by atoms with Crippen LogP contribution in [0.4, 0.5) is 0 Å². The number of hydrogen-bond acceptors (Lipinski definition) is 6. The molecule has 0 unspecified atom stereocenters. The smallest absolute Gasteiger partial charge is 0.241 e. The molecule has 2 fully saturated rings. The Morgan fingerprint density at radius 3 is 2.50 bits per heavy atom. The Bertz CT molecular complexity index is 569. The Balaban J connectivity index is 1.74. The van der Waals surface area contributed by atoms with Crippen LogP contribution in [0.25, 0.3) is 0 Å². The fraction of sp³-hybridized carbons (Fsp3) is 0.846. The highest BCUT2D eigenvalue weighted by molar-refractivity contribution is 7.91. The van der Waals surface area contributed by atoms with Gasteiger partial charge in [0.2, 0.25) is 5.89 Å². The Hall–Kier alpha value is -0.950. The fourth-order valence-electron chi connectivity index (χ4n) is 3.28. The van der Waals surface area contributed by atoms with Crippen molar-refractivity contribution in [1.29, 1.82) is 0 Å². The van der Waals surface area contributed by atoms with E-state index in [1.807, 2.05) is 0 Å². The second-order valence-corrected chi connectivity index (χ2v) is 8.37. The van der Waals surface area contributed by atoms with Gasteiger partial charge in [-0.25, -0.2) is 8.42 Å². The Morgan fingerprint density at radius 2 is 1.85 bits per heavy atom. The summed E-state index contributed by atoms with van der Waals surface area (Å²) in [5.41, 5.74) is 5.72. The van der Waals surface area contributed by atoms with Crippen LogP contribution in [-0.4, -0.2) is 23.8 Å². The van der Waals surface area contributed by atoms with Gasteiger partial charge in [-0.1, -0.05) is 30.8 Å². The van der Waals surface area contributed by atoms with Gasteiger partial charge in [0.1, 0.15) is 5.75 Å². The third kappa shape index (κ3) is 2.61. The van der Waals surface area contributed by atoms with Gasteiger partial charge in [-0.3, -0.25) is 0 Å². The topological polar surface area (TPSA) is 99.1 Å². The minimum atomic E-state index is -3.18. The van der Waals surface area contributed by atoms with Crippen LogP contribution in [0.5, 0.6) is 0 Å². The van der Waals surface area contributed by atoms with Crippen molar-refractivity contribution in [3.63, 3.8) is 0 Å². The molecule has 1 aromatic rings. The molecule has 6 nitrogen and oxygen atoms in total. The summed E-state index contributed by atoms with van der Waals surface area (Å²) in [6.07, 6.45) is 7.27. The molecule has 0 atom stereocenters. The molecule has 2 aliphatic rings. The van der Waals surface area contributed by atoms with Crippen molar-refractivity contribution in [3.8, 4) is 0 Å². The van der Waals surface area contributed by atoms with Crippen molar-refractivity contribution >= 4 is 9.84 Å². The molecule has 112 valence electrons.